The third-order valence-corrected chi connectivity index (χ3v) is 5.39. The Labute approximate surface area is 131 Å². The van der Waals surface area contributed by atoms with Crippen LogP contribution in [0.3, 0.4) is 0 Å². The maximum absolute atomic E-state index is 12.7. The Morgan fingerprint density at radius 3 is 2.59 bits per heavy atom. The Bertz CT molecular complexity index is 630. The van der Waals surface area contributed by atoms with Gasteiger partial charge in [0, 0.05) is 26.7 Å². The van der Waals surface area contributed by atoms with Crippen molar-refractivity contribution in [2.45, 2.75) is 11.0 Å². The summed E-state index contributed by atoms with van der Waals surface area (Å²) in [5.41, 5.74) is 0. The molecule has 22 heavy (non-hydrogen) atoms. The fourth-order valence-corrected chi connectivity index (χ4v) is 3.80. The van der Waals surface area contributed by atoms with Crippen molar-refractivity contribution >= 4 is 15.9 Å². The van der Waals surface area contributed by atoms with Crippen LogP contribution in [0.25, 0.3) is 0 Å². The van der Waals surface area contributed by atoms with Crippen molar-refractivity contribution in [2.75, 3.05) is 33.3 Å². The molecule has 0 bridgehead atoms. The molecule has 0 saturated carbocycles. The summed E-state index contributed by atoms with van der Waals surface area (Å²) in [6, 6.07) is 8.10. The lowest BCUT2D eigenvalue weighted by Crippen LogP contribution is -2.39. The molecular weight excluding hydrogens is 304 g/mol. The number of ether oxygens (including phenoxy) is 1. The van der Waals surface area contributed by atoms with Crippen molar-refractivity contribution < 1.29 is 17.9 Å². The quantitative estimate of drug-likeness (QED) is 0.749. The van der Waals surface area contributed by atoms with Crippen molar-refractivity contribution in [3.63, 3.8) is 0 Å². The van der Waals surface area contributed by atoms with Crippen LogP contribution in [-0.2, 0) is 19.6 Å². The first kappa shape index (κ1) is 16.7. The topological polar surface area (TPSA) is 66.9 Å². The Hall–Kier alpha value is -1.70. The van der Waals surface area contributed by atoms with Crippen LogP contribution in [-0.4, -0.2) is 62.9 Å². The predicted molar refractivity (Wildman–Crippen MR) is 82.8 cm³/mol. The molecular formula is C15H20N2O4S. The molecule has 0 N–H and O–H groups in total. The summed E-state index contributed by atoms with van der Waals surface area (Å²) in [5, 5.41) is 0. The molecule has 6 nitrogen and oxygen atoms in total. The van der Waals surface area contributed by atoms with Crippen LogP contribution in [0, 0.1) is 0 Å². The van der Waals surface area contributed by atoms with Gasteiger partial charge in [-0.2, -0.15) is 4.31 Å². The molecule has 1 atom stereocenters. The van der Waals surface area contributed by atoms with Gasteiger partial charge in [-0.05, 0) is 12.1 Å². The molecule has 1 aliphatic heterocycles. The van der Waals surface area contributed by atoms with E-state index in [0.717, 1.165) is 0 Å². The minimum atomic E-state index is -3.72. The number of benzene rings is 1. The van der Waals surface area contributed by atoms with Gasteiger partial charge in [0.2, 0.25) is 15.9 Å². The highest BCUT2D eigenvalue weighted by Crippen LogP contribution is 2.18. The van der Waals surface area contributed by atoms with Crippen LogP contribution >= 0.6 is 0 Å². The third kappa shape index (κ3) is 3.55. The van der Waals surface area contributed by atoms with Crippen molar-refractivity contribution in [3.05, 3.63) is 43.0 Å². The highest BCUT2D eigenvalue weighted by molar-refractivity contribution is 7.89. The minimum Gasteiger partial charge on any atom is -0.378 e. The molecule has 120 valence electrons. The summed E-state index contributed by atoms with van der Waals surface area (Å²) >= 11 is 0. The van der Waals surface area contributed by atoms with Gasteiger partial charge in [-0.1, -0.05) is 24.3 Å². The molecule has 1 aliphatic rings. The fraction of sp³-hybridized carbons (Fsp3) is 0.400. The number of sulfonamides is 1. The van der Waals surface area contributed by atoms with Crippen LogP contribution in [0.1, 0.15) is 0 Å². The lowest BCUT2D eigenvalue weighted by atomic mass is 10.3. The minimum absolute atomic E-state index is 0.146. The van der Waals surface area contributed by atoms with E-state index >= 15 is 0 Å². The monoisotopic (exact) mass is 324 g/mol. The Balaban J connectivity index is 2.30. The van der Waals surface area contributed by atoms with Gasteiger partial charge in [-0.15, -0.1) is 6.58 Å². The van der Waals surface area contributed by atoms with Crippen LogP contribution in [0.5, 0.6) is 0 Å². The van der Waals surface area contributed by atoms with Gasteiger partial charge in [0.25, 0.3) is 0 Å². The molecule has 1 amide bonds. The average molecular weight is 324 g/mol. The molecule has 1 aromatic rings. The van der Waals surface area contributed by atoms with E-state index < -0.39 is 10.0 Å². The van der Waals surface area contributed by atoms with Gasteiger partial charge in [0.05, 0.1) is 17.5 Å². The number of hydrogen-bond acceptors (Lipinski definition) is 4. The second-order valence-corrected chi connectivity index (χ2v) is 6.99. The molecule has 7 heteroatoms. The largest absolute Gasteiger partial charge is 0.378 e. The number of hydrogen-bond donors (Lipinski definition) is 0. The maximum atomic E-state index is 12.7. The number of amides is 1. The Morgan fingerprint density at radius 1 is 1.32 bits per heavy atom. The van der Waals surface area contributed by atoms with E-state index in [2.05, 4.69) is 6.58 Å². The maximum Gasteiger partial charge on any atom is 0.243 e. The van der Waals surface area contributed by atoms with E-state index in [1.165, 1.54) is 23.5 Å². The van der Waals surface area contributed by atoms with E-state index in [-0.39, 0.29) is 30.0 Å². The van der Waals surface area contributed by atoms with E-state index in [9.17, 15) is 13.2 Å². The van der Waals surface area contributed by atoms with E-state index in [1.54, 1.807) is 29.2 Å². The lowest BCUT2D eigenvalue weighted by molar-refractivity contribution is -0.130. The highest BCUT2D eigenvalue weighted by atomic mass is 32.2. The molecule has 1 unspecified atom stereocenters. The summed E-state index contributed by atoms with van der Waals surface area (Å²) in [7, 11) is -2.21. The first-order valence-corrected chi connectivity index (χ1v) is 8.39. The number of carbonyl (C=O) groups excluding carboxylic acids is 1. The van der Waals surface area contributed by atoms with Crippen molar-refractivity contribution in [1.82, 2.24) is 9.21 Å². The molecule has 2 rings (SSSR count). The zero-order chi connectivity index (χ0) is 16.2. The first-order valence-electron chi connectivity index (χ1n) is 6.95. The molecule has 1 aromatic carbocycles. The fourth-order valence-electron chi connectivity index (χ4n) is 2.35. The normalized spacial score (nSPS) is 20.7. The van der Waals surface area contributed by atoms with Gasteiger partial charge >= 0.3 is 0 Å². The smallest absolute Gasteiger partial charge is 0.243 e. The average Bonchev–Trinajstić information content (AvgIpc) is 2.68. The van der Waals surface area contributed by atoms with E-state index in [4.69, 9.17) is 4.74 Å². The zero-order valence-corrected chi connectivity index (χ0v) is 13.3. The van der Waals surface area contributed by atoms with E-state index in [0.29, 0.717) is 13.1 Å². The number of methoxy groups -OCH3 is 1. The summed E-state index contributed by atoms with van der Waals surface area (Å²) in [6.45, 7) is 4.30. The van der Waals surface area contributed by atoms with Gasteiger partial charge in [0.1, 0.15) is 0 Å². The first-order chi connectivity index (χ1) is 10.5. The van der Waals surface area contributed by atoms with Crippen molar-refractivity contribution in [1.29, 1.82) is 0 Å². The number of nitrogens with zero attached hydrogens (tertiary/aromatic N) is 2. The predicted octanol–water partition coefficient (Wildman–Crippen LogP) is 0.720. The summed E-state index contributed by atoms with van der Waals surface area (Å²) < 4.78 is 31.9. The number of rotatable bonds is 5. The molecule has 1 saturated heterocycles. The molecule has 1 heterocycles. The van der Waals surface area contributed by atoms with Crippen LogP contribution in [0.4, 0.5) is 0 Å². The van der Waals surface area contributed by atoms with Crippen LogP contribution in [0.2, 0.25) is 0 Å². The van der Waals surface area contributed by atoms with Gasteiger partial charge < -0.3 is 9.64 Å². The molecule has 0 aromatic heterocycles. The van der Waals surface area contributed by atoms with Crippen LogP contribution < -0.4 is 0 Å². The van der Waals surface area contributed by atoms with Gasteiger partial charge in [0.15, 0.2) is 0 Å². The standard InChI is InChI=1S/C15H20N2O4S/c1-3-9-16-10-13(21-2)11-17(12-15(16)18)22(19,20)14-7-5-4-6-8-14/h3-8,13H,1,9-12H2,2H3. The lowest BCUT2D eigenvalue weighted by Gasteiger charge is -2.22. The third-order valence-electron chi connectivity index (χ3n) is 3.56. The summed E-state index contributed by atoms with van der Waals surface area (Å²) in [6.07, 6.45) is 1.25. The molecule has 0 spiro atoms. The Morgan fingerprint density at radius 2 is 2.00 bits per heavy atom. The van der Waals surface area contributed by atoms with Gasteiger partial charge in [-0.25, -0.2) is 8.42 Å². The van der Waals surface area contributed by atoms with Crippen molar-refractivity contribution in [3.8, 4) is 0 Å². The highest BCUT2D eigenvalue weighted by Gasteiger charge is 2.34. The molecule has 0 radical (unpaired) electrons. The SMILES string of the molecule is C=CCN1CC(OC)CN(S(=O)(=O)c2ccccc2)CC1=O. The second kappa shape index (κ2) is 7.04. The second-order valence-electron chi connectivity index (χ2n) is 5.06. The molecule has 0 aliphatic carbocycles. The summed E-state index contributed by atoms with van der Waals surface area (Å²) in [5.74, 6) is -0.251. The van der Waals surface area contributed by atoms with Crippen LogP contribution in [0.15, 0.2) is 47.9 Å². The van der Waals surface area contributed by atoms with Crippen molar-refractivity contribution in [2.24, 2.45) is 0 Å². The van der Waals surface area contributed by atoms with E-state index in [1.807, 2.05) is 0 Å². The number of carbonyl (C=O) groups is 1. The summed E-state index contributed by atoms with van der Waals surface area (Å²) in [4.78, 5) is 14.0. The zero-order valence-electron chi connectivity index (χ0n) is 12.5. The molecule has 1 fully saturated rings. The van der Waals surface area contributed by atoms with Gasteiger partial charge in [-0.3, -0.25) is 4.79 Å². The Kier molecular flexibility index (Phi) is 5.33.